The number of amides is 1. The van der Waals surface area contributed by atoms with Crippen LogP contribution in [-0.2, 0) is 11.8 Å². The maximum atomic E-state index is 12.6. The van der Waals surface area contributed by atoms with Gasteiger partial charge in [-0.3, -0.25) is 4.79 Å². The Balaban J connectivity index is 1.63. The quantitative estimate of drug-likeness (QED) is 0.937. The summed E-state index contributed by atoms with van der Waals surface area (Å²) in [5.74, 6) is 0.468. The summed E-state index contributed by atoms with van der Waals surface area (Å²) in [4.78, 5) is 14.9. The Labute approximate surface area is 143 Å². The summed E-state index contributed by atoms with van der Waals surface area (Å²) < 4.78 is 5.25. The van der Waals surface area contributed by atoms with E-state index in [9.17, 15) is 4.79 Å². The molecule has 1 amide bonds. The van der Waals surface area contributed by atoms with Crippen LogP contribution in [0.15, 0.2) is 28.8 Å². The van der Waals surface area contributed by atoms with Crippen LogP contribution < -0.4 is 10.2 Å². The van der Waals surface area contributed by atoms with E-state index in [-0.39, 0.29) is 11.3 Å². The van der Waals surface area contributed by atoms with E-state index in [1.54, 1.807) is 6.92 Å². The molecule has 24 heavy (non-hydrogen) atoms. The lowest BCUT2D eigenvalue weighted by atomic mass is 9.88. The second kappa shape index (κ2) is 6.30. The van der Waals surface area contributed by atoms with Gasteiger partial charge in [0.2, 0.25) is 0 Å². The molecule has 0 spiro atoms. The number of hydrogen-bond donors (Lipinski definition) is 1. The summed E-state index contributed by atoms with van der Waals surface area (Å²) in [6.07, 6.45) is 1.07. The molecule has 0 atom stereocenters. The van der Waals surface area contributed by atoms with E-state index in [0.29, 0.717) is 23.6 Å². The number of rotatable bonds is 4. The fourth-order valence-electron chi connectivity index (χ4n) is 3.18. The van der Waals surface area contributed by atoms with Gasteiger partial charge in [0, 0.05) is 30.7 Å². The van der Waals surface area contributed by atoms with Gasteiger partial charge in [0.05, 0.1) is 0 Å². The largest absolute Gasteiger partial charge is 0.369 e. The lowest BCUT2D eigenvalue weighted by molar-refractivity contribution is 0.0951. The fourth-order valence-corrected chi connectivity index (χ4v) is 3.18. The Morgan fingerprint density at radius 2 is 2.08 bits per heavy atom. The van der Waals surface area contributed by atoms with Gasteiger partial charge in [0.15, 0.2) is 0 Å². The van der Waals surface area contributed by atoms with Gasteiger partial charge in [-0.15, -0.1) is 0 Å². The standard InChI is InChI=1S/C19H25N3O2/c1-13-16(17(21-24-13)19(2,3)4)18(23)20-10-12-22-11-9-14-7-5-6-8-15(14)22/h5-8H,9-12H2,1-4H3,(H,20,23). The highest BCUT2D eigenvalue weighted by atomic mass is 16.5. The molecule has 1 N–H and O–H groups in total. The van der Waals surface area contributed by atoms with Crippen LogP contribution in [0.5, 0.6) is 0 Å². The monoisotopic (exact) mass is 327 g/mol. The molecule has 5 nitrogen and oxygen atoms in total. The fraction of sp³-hybridized carbons (Fsp3) is 0.474. The lowest BCUT2D eigenvalue weighted by Gasteiger charge is -2.20. The van der Waals surface area contributed by atoms with Crippen molar-refractivity contribution < 1.29 is 9.32 Å². The first-order chi connectivity index (χ1) is 11.4. The highest BCUT2D eigenvalue weighted by molar-refractivity contribution is 5.96. The number of carbonyl (C=O) groups excluding carboxylic acids is 1. The second-order valence-electron chi connectivity index (χ2n) is 7.33. The van der Waals surface area contributed by atoms with E-state index in [4.69, 9.17) is 4.52 Å². The summed E-state index contributed by atoms with van der Waals surface area (Å²) in [5.41, 5.74) is 3.73. The number of anilines is 1. The Hall–Kier alpha value is -2.30. The highest BCUT2D eigenvalue weighted by Gasteiger charge is 2.28. The van der Waals surface area contributed by atoms with E-state index < -0.39 is 0 Å². The number of benzene rings is 1. The predicted octanol–water partition coefficient (Wildman–Crippen LogP) is 3.07. The van der Waals surface area contributed by atoms with Gasteiger partial charge in [0.25, 0.3) is 5.91 Å². The predicted molar refractivity (Wildman–Crippen MR) is 94.6 cm³/mol. The summed E-state index contributed by atoms with van der Waals surface area (Å²) in [6, 6.07) is 8.45. The van der Waals surface area contributed by atoms with Gasteiger partial charge in [-0.1, -0.05) is 44.1 Å². The number of nitrogens with one attached hydrogen (secondary N) is 1. The number of aryl methyl sites for hydroxylation is 1. The van der Waals surface area contributed by atoms with E-state index in [2.05, 4.69) is 39.6 Å². The number of carbonyl (C=O) groups is 1. The van der Waals surface area contributed by atoms with Crippen molar-refractivity contribution in [1.29, 1.82) is 0 Å². The Bertz CT molecular complexity index is 743. The van der Waals surface area contributed by atoms with Crippen LogP contribution in [0.1, 0.15) is 48.1 Å². The minimum Gasteiger partial charge on any atom is -0.369 e. The molecule has 128 valence electrons. The average Bonchev–Trinajstić information content (AvgIpc) is 3.11. The molecule has 0 fully saturated rings. The maximum absolute atomic E-state index is 12.6. The number of para-hydroxylation sites is 1. The lowest BCUT2D eigenvalue weighted by Crippen LogP contribution is -2.35. The second-order valence-corrected chi connectivity index (χ2v) is 7.33. The number of nitrogens with zero attached hydrogens (tertiary/aromatic N) is 2. The van der Waals surface area contributed by atoms with Crippen molar-refractivity contribution in [3.05, 3.63) is 46.8 Å². The minimum atomic E-state index is -0.224. The van der Waals surface area contributed by atoms with Gasteiger partial charge in [-0.25, -0.2) is 0 Å². The van der Waals surface area contributed by atoms with Gasteiger partial charge < -0.3 is 14.7 Å². The zero-order valence-electron chi connectivity index (χ0n) is 14.8. The van der Waals surface area contributed by atoms with Gasteiger partial charge >= 0.3 is 0 Å². The molecule has 0 unspecified atom stereocenters. The highest BCUT2D eigenvalue weighted by Crippen LogP contribution is 2.28. The third-order valence-electron chi connectivity index (χ3n) is 4.45. The number of hydrogen-bond acceptors (Lipinski definition) is 4. The molecule has 2 aromatic rings. The van der Waals surface area contributed by atoms with Crippen LogP contribution in [0.4, 0.5) is 5.69 Å². The molecule has 2 heterocycles. The van der Waals surface area contributed by atoms with Gasteiger partial charge in [0.1, 0.15) is 17.0 Å². The summed E-state index contributed by atoms with van der Waals surface area (Å²) >= 11 is 0. The van der Waals surface area contributed by atoms with Crippen LogP contribution in [0.2, 0.25) is 0 Å². The molecule has 1 aliphatic rings. The van der Waals surface area contributed by atoms with Crippen LogP contribution in [0.25, 0.3) is 0 Å². The average molecular weight is 327 g/mol. The maximum Gasteiger partial charge on any atom is 0.256 e. The molecule has 0 saturated carbocycles. The van der Waals surface area contributed by atoms with Crippen LogP contribution in [0.3, 0.4) is 0 Å². The van der Waals surface area contributed by atoms with Crippen molar-refractivity contribution >= 4 is 11.6 Å². The zero-order chi connectivity index (χ0) is 17.3. The minimum absolute atomic E-state index is 0.105. The molecule has 3 rings (SSSR count). The summed E-state index contributed by atoms with van der Waals surface area (Å²) in [7, 11) is 0. The Morgan fingerprint density at radius 1 is 1.33 bits per heavy atom. The van der Waals surface area contributed by atoms with Gasteiger partial charge in [-0.2, -0.15) is 0 Å². The first-order valence-corrected chi connectivity index (χ1v) is 8.45. The molecule has 0 radical (unpaired) electrons. The molecular weight excluding hydrogens is 302 g/mol. The van der Waals surface area contributed by atoms with Crippen LogP contribution >= 0.6 is 0 Å². The topological polar surface area (TPSA) is 58.4 Å². The molecule has 1 aromatic carbocycles. The van der Waals surface area contributed by atoms with E-state index >= 15 is 0 Å². The van der Waals surface area contributed by atoms with Gasteiger partial charge in [-0.05, 0) is 25.0 Å². The number of aromatic nitrogens is 1. The Morgan fingerprint density at radius 3 is 2.83 bits per heavy atom. The van der Waals surface area contributed by atoms with Crippen molar-refractivity contribution in [3.8, 4) is 0 Å². The van der Waals surface area contributed by atoms with Crippen molar-refractivity contribution in [3.63, 3.8) is 0 Å². The molecule has 1 aliphatic heterocycles. The van der Waals surface area contributed by atoms with Crippen LogP contribution in [0, 0.1) is 6.92 Å². The molecule has 0 saturated heterocycles. The van der Waals surface area contributed by atoms with Crippen molar-refractivity contribution in [2.75, 3.05) is 24.5 Å². The van der Waals surface area contributed by atoms with Crippen LogP contribution in [-0.4, -0.2) is 30.7 Å². The molecule has 1 aromatic heterocycles. The molecule has 0 bridgehead atoms. The Kier molecular flexibility index (Phi) is 4.35. The summed E-state index contributed by atoms with van der Waals surface area (Å²) in [5, 5.41) is 7.09. The van der Waals surface area contributed by atoms with E-state index in [1.807, 2.05) is 20.8 Å². The molecule has 0 aliphatic carbocycles. The normalized spacial score (nSPS) is 13.9. The molecular formula is C19H25N3O2. The summed E-state index contributed by atoms with van der Waals surface area (Å²) in [6.45, 7) is 10.3. The smallest absolute Gasteiger partial charge is 0.256 e. The van der Waals surface area contributed by atoms with Crippen molar-refractivity contribution in [2.45, 2.75) is 39.5 Å². The number of fused-ring (bicyclic) bond motifs is 1. The van der Waals surface area contributed by atoms with E-state index in [0.717, 1.165) is 19.5 Å². The molecule has 5 heteroatoms. The SMILES string of the molecule is Cc1onc(C(C)(C)C)c1C(=O)NCCN1CCc2ccccc21. The van der Waals surface area contributed by atoms with Crippen molar-refractivity contribution in [1.82, 2.24) is 10.5 Å². The third-order valence-corrected chi connectivity index (χ3v) is 4.45. The zero-order valence-corrected chi connectivity index (χ0v) is 14.8. The third kappa shape index (κ3) is 3.16. The first-order valence-electron chi connectivity index (χ1n) is 8.45. The van der Waals surface area contributed by atoms with E-state index in [1.165, 1.54) is 11.3 Å². The first kappa shape index (κ1) is 16.6. The van der Waals surface area contributed by atoms with Crippen molar-refractivity contribution in [2.24, 2.45) is 0 Å².